The van der Waals surface area contributed by atoms with Gasteiger partial charge in [0.1, 0.15) is 5.76 Å². The third-order valence-electron chi connectivity index (χ3n) is 3.16. The predicted molar refractivity (Wildman–Crippen MR) is 63.4 cm³/mol. The zero-order valence-electron chi connectivity index (χ0n) is 10.4. The van der Waals surface area contributed by atoms with Crippen molar-refractivity contribution < 1.29 is 9.21 Å². The van der Waals surface area contributed by atoms with Gasteiger partial charge in [-0.1, -0.05) is 6.92 Å². The molecule has 1 atom stereocenters. The summed E-state index contributed by atoms with van der Waals surface area (Å²) < 4.78 is 5.53. The van der Waals surface area contributed by atoms with Gasteiger partial charge < -0.3 is 14.6 Å². The molecule has 5 nitrogen and oxygen atoms in total. The zero-order valence-corrected chi connectivity index (χ0v) is 10.4. The second kappa shape index (κ2) is 5.31. The van der Waals surface area contributed by atoms with Gasteiger partial charge in [0.05, 0.1) is 18.8 Å². The highest BCUT2D eigenvalue weighted by atomic mass is 16.4. The van der Waals surface area contributed by atoms with Crippen molar-refractivity contribution in [2.45, 2.75) is 38.8 Å². The molecular formula is C12H19N3O2. The summed E-state index contributed by atoms with van der Waals surface area (Å²) >= 11 is 0. The highest BCUT2D eigenvalue weighted by Gasteiger charge is 2.28. The number of hydrogen-bond donors (Lipinski definition) is 1. The maximum absolute atomic E-state index is 12.0. The number of carbonyl (C=O) groups is 1. The lowest BCUT2D eigenvalue weighted by atomic mass is 10.1. The lowest BCUT2D eigenvalue weighted by Gasteiger charge is -2.31. The molecule has 2 rings (SSSR count). The number of nitrogens with one attached hydrogen (secondary N) is 1. The number of aromatic nitrogens is 1. The van der Waals surface area contributed by atoms with Crippen LogP contribution in [-0.2, 0) is 17.8 Å². The van der Waals surface area contributed by atoms with E-state index in [1.54, 1.807) is 6.20 Å². The van der Waals surface area contributed by atoms with E-state index in [-0.39, 0.29) is 11.9 Å². The van der Waals surface area contributed by atoms with Gasteiger partial charge >= 0.3 is 0 Å². The minimum atomic E-state index is -0.0515. The Morgan fingerprint density at radius 1 is 1.65 bits per heavy atom. The molecule has 5 heteroatoms. The van der Waals surface area contributed by atoms with Gasteiger partial charge in [-0.2, -0.15) is 0 Å². The predicted octanol–water partition coefficient (Wildman–Crippen LogP) is 0.947. The first-order valence-electron chi connectivity index (χ1n) is 6.14. The molecule has 1 N–H and O–H groups in total. The molecule has 94 valence electrons. The van der Waals surface area contributed by atoms with Gasteiger partial charge in [0.2, 0.25) is 11.8 Å². The van der Waals surface area contributed by atoms with Crippen molar-refractivity contribution in [3.8, 4) is 0 Å². The minimum absolute atomic E-state index is 0.0515. The number of likely N-dealkylation sites (N-methyl/N-ethyl adjacent to an activating group) is 1. The second-order valence-electron chi connectivity index (χ2n) is 4.32. The highest BCUT2D eigenvalue weighted by molar-refractivity contribution is 5.82. The van der Waals surface area contributed by atoms with E-state index >= 15 is 0 Å². The Morgan fingerprint density at radius 2 is 2.47 bits per heavy atom. The van der Waals surface area contributed by atoms with Crippen molar-refractivity contribution >= 4 is 5.91 Å². The standard InChI is InChI=1S/C12H19N3O2/c1-3-9-7-14-11(17-9)8-15-6-4-5-10(13-2)12(15)16/h7,10,13H,3-6,8H2,1-2H3. The van der Waals surface area contributed by atoms with Crippen LogP contribution in [0, 0.1) is 0 Å². The molecule has 1 aromatic rings. The first kappa shape index (κ1) is 12.1. The van der Waals surface area contributed by atoms with Crippen LogP contribution >= 0.6 is 0 Å². The molecule has 1 unspecified atom stereocenters. The molecule has 0 aliphatic carbocycles. The quantitative estimate of drug-likeness (QED) is 0.847. The molecular weight excluding hydrogens is 218 g/mol. The Balaban J connectivity index is 2.00. The van der Waals surface area contributed by atoms with Crippen LogP contribution in [0.4, 0.5) is 0 Å². The smallest absolute Gasteiger partial charge is 0.240 e. The lowest BCUT2D eigenvalue weighted by Crippen LogP contribution is -2.49. The van der Waals surface area contributed by atoms with Crippen molar-refractivity contribution in [3.63, 3.8) is 0 Å². The molecule has 2 heterocycles. The minimum Gasteiger partial charge on any atom is -0.444 e. The average molecular weight is 237 g/mol. The first-order valence-corrected chi connectivity index (χ1v) is 6.14. The van der Waals surface area contributed by atoms with E-state index in [9.17, 15) is 4.79 Å². The van der Waals surface area contributed by atoms with Crippen LogP contribution in [0.3, 0.4) is 0 Å². The van der Waals surface area contributed by atoms with Gasteiger partial charge in [0, 0.05) is 13.0 Å². The Kier molecular flexibility index (Phi) is 3.78. The average Bonchev–Trinajstić information content (AvgIpc) is 2.79. The summed E-state index contributed by atoms with van der Waals surface area (Å²) in [5, 5.41) is 3.04. The second-order valence-corrected chi connectivity index (χ2v) is 4.32. The fraction of sp³-hybridized carbons (Fsp3) is 0.667. The lowest BCUT2D eigenvalue weighted by molar-refractivity contribution is -0.136. The number of nitrogens with zero attached hydrogens (tertiary/aromatic N) is 2. The molecule has 1 amide bonds. The Bertz CT molecular complexity index is 389. The number of piperidine rings is 1. The number of rotatable bonds is 4. The molecule has 0 aromatic carbocycles. The van der Waals surface area contributed by atoms with Gasteiger partial charge in [0.15, 0.2) is 0 Å². The van der Waals surface area contributed by atoms with Crippen LogP contribution in [0.15, 0.2) is 10.6 Å². The summed E-state index contributed by atoms with van der Waals surface area (Å²) in [6.45, 7) is 3.30. The Hall–Kier alpha value is -1.36. The molecule has 0 spiro atoms. The van der Waals surface area contributed by atoms with Gasteiger partial charge in [-0.3, -0.25) is 4.79 Å². The van der Waals surface area contributed by atoms with E-state index in [0.29, 0.717) is 12.4 Å². The summed E-state index contributed by atoms with van der Waals surface area (Å²) in [4.78, 5) is 18.0. The Morgan fingerprint density at radius 3 is 3.12 bits per heavy atom. The first-order chi connectivity index (χ1) is 8.24. The van der Waals surface area contributed by atoms with Crippen molar-refractivity contribution in [1.82, 2.24) is 15.2 Å². The third kappa shape index (κ3) is 2.66. The van der Waals surface area contributed by atoms with E-state index in [4.69, 9.17) is 4.42 Å². The molecule has 1 aliphatic rings. The third-order valence-corrected chi connectivity index (χ3v) is 3.16. The van der Waals surface area contributed by atoms with Crippen LogP contribution < -0.4 is 5.32 Å². The molecule has 17 heavy (non-hydrogen) atoms. The van der Waals surface area contributed by atoms with Crippen molar-refractivity contribution in [1.29, 1.82) is 0 Å². The summed E-state index contributed by atoms with van der Waals surface area (Å²) in [5.41, 5.74) is 0. The molecule has 1 saturated heterocycles. The van der Waals surface area contributed by atoms with Gasteiger partial charge in [-0.15, -0.1) is 0 Å². The van der Waals surface area contributed by atoms with E-state index in [0.717, 1.165) is 31.6 Å². The number of carbonyl (C=O) groups excluding carboxylic acids is 1. The molecule has 1 aromatic heterocycles. The number of hydrogen-bond acceptors (Lipinski definition) is 4. The molecule has 0 radical (unpaired) electrons. The maximum Gasteiger partial charge on any atom is 0.240 e. The number of likely N-dealkylation sites (tertiary alicyclic amines) is 1. The Labute approximate surface area is 101 Å². The summed E-state index contributed by atoms with van der Waals surface area (Å²) in [6.07, 6.45) is 4.51. The number of amides is 1. The monoisotopic (exact) mass is 237 g/mol. The van der Waals surface area contributed by atoms with Crippen LogP contribution in [0.2, 0.25) is 0 Å². The SMILES string of the molecule is CCc1cnc(CN2CCCC(NC)C2=O)o1. The van der Waals surface area contributed by atoms with E-state index in [2.05, 4.69) is 10.3 Å². The fourth-order valence-corrected chi connectivity index (χ4v) is 2.11. The van der Waals surface area contributed by atoms with Crippen LogP contribution in [-0.4, -0.2) is 35.4 Å². The van der Waals surface area contributed by atoms with Crippen molar-refractivity contribution in [2.24, 2.45) is 0 Å². The van der Waals surface area contributed by atoms with Crippen LogP contribution in [0.25, 0.3) is 0 Å². The van der Waals surface area contributed by atoms with Crippen molar-refractivity contribution in [2.75, 3.05) is 13.6 Å². The highest BCUT2D eigenvalue weighted by Crippen LogP contribution is 2.15. The van der Waals surface area contributed by atoms with Crippen LogP contribution in [0.5, 0.6) is 0 Å². The topological polar surface area (TPSA) is 58.4 Å². The van der Waals surface area contributed by atoms with E-state index in [1.807, 2.05) is 18.9 Å². The molecule has 1 fully saturated rings. The fourth-order valence-electron chi connectivity index (χ4n) is 2.11. The molecule has 0 bridgehead atoms. The van der Waals surface area contributed by atoms with Gasteiger partial charge in [-0.25, -0.2) is 4.98 Å². The van der Waals surface area contributed by atoms with Gasteiger partial charge in [-0.05, 0) is 19.9 Å². The summed E-state index contributed by atoms with van der Waals surface area (Å²) in [7, 11) is 1.83. The molecule has 1 aliphatic heterocycles. The van der Waals surface area contributed by atoms with Gasteiger partial charge in [0.25, 0.3) is 0 Å². The summed E-state index contributed by atoms with van der Waals surface area (Å²) in [5.74, 6) is 1.65. The summed E-state index contributed by atoms with van der Waals surface area (Å²) in [6, 6.07) is -0.0515. The number of oxazole rings is 1. The normalized spacial score (nSPS) is 20.9. The molecule has 0 saturated carbocycles. The van der Waals surface area contributed by atoms with Crippen LogP contribution in [0.1, 0.15) is 31.4 Å². The van der Waals surface area contributed by atoms with Crippen molar-refractivity contribution in [3.05, 3.63) is 17.8 Å². The largest absolute Gasteiger partial charge is 0.444 e. The van der Waals surface area contributed by atoms with E-state index < -0.39 is 0 Å². The van der Waals surface area contributed by atoms with E-state index in [1.165, 1.54) is 0 Å². The zero-order chi connectivity index (χ0) is 12.3. The number of aryl methyl sites for hydroxylation is 1. The maximum atomic E-state index is 12.0.